The van der Waals surface area contributed by atoms with Gasteiger partial charge in [-0.05, 0) is 44.1 Å². The highest BCUT2D eigenvalue weighted by Crippen LogP contribution is 2.32. The minimum Gasteiger partial charge on any atom is -0.454 e. The topological polar surface area (TPSA) is 58.1 Å². The number of nitrogens with one attached hydrogen (secondary N) is 2. The van der Waals surface area contributed by atoms with E-state index in [4.69, 9.17) is 9.47 Å². The second kappa shape index (κ2) is 9.51. The molecule has 146 valence electrons. The molecule has 0 aliphatic carbocycles. The fourth-order valence-corrected chi connectivity index (χ4v) is 2.58. The molecule has 0 spiro atoms. The quantitative estimate of drug-likeness (QED) is 0.414. The Bertz CT molecular complexity index is 608. The minimum atomic E-state index is -4.16. The number of benzene rings is 1. The summed E-state index contributed by atoms with van der Waals surface area (Å²) in [5, 5.41) is 6.29. The Labute approximate surface area is 151 Å². The molecule has 2 rings (SSSR count). The van der Waals surface area contributed by atoms with Gasteiger partial charge in [0, 0.05) is 20.1 Å². The molecule has 26 heavy (non-hydrogen) atoms. The Morgan fingerprint density at radius 2 is 1.92 bits per heavy atom. The maximum Gasteiger partial charge on any atom is 0.401 e. The van der Waals surface area contributed by atoms with Gasteiger partial charge >= 0.3 is 6.18 Å². The van der Waals surface area contributed by atoms with E-state index in [-0.39, 0.29) is 6.79 Å². The molecule has 2 N–H and O–H groups in total. The van der Waals surface area contributed by atoms with Crippen LogP contribution in [0.1, 0.15) is 12.0 Å². The zero-order valence-corrected chi connectivity index (χ0v) is 15.0. The molecule has 9 heteroatoms. The van der Waals surface area contributed by atoms with Gasteiger partial charge in [-0.25, -0.2) is 0 Å². The highest BCUT2D eigenvalue weighted by atomic mass is 19.4. The number of halogens is 3. The average molecular weight is 374 g/mol. The summed E-state index contributed by atoms with van der Waals surface area (Å²) in [5.41, 5.74) is 1.12. The smallest absolute Gasteiger partial charge is 0.401 e. The van der Waals surface area contributed by atoms with Crippen LogP contribution in [0.3, 0.4) is 0 Å². The molecule has 0 fully saturated rings. The summed E-state index contributed by atoms with van der Waals surface area (Å²) >= 11 is 0. The van der Waals surface area contributed by atoms with Gasteiger partial charge in [-0.1, -0.05) is 6.07 Å². The maximum atomic E-state index is 12.2. The Balaban J connectivity index is 1.62. The Hall–Kier alpha value is -2.16. The Morgan fingerprint density at radius 1 is 1.19 bits per heavy atom. The molecule has 1 aromatic carbocycles. The van der Waals surface area contributed by atoms with Crippen LogP contribution in [-0.2, 0) is 6.42 Å². The van der Waals surface area contributed by atoms with Crippen LogP contribution in [0.25, 0.3) is 0 Å². The number of guanidine groups is 1. The van der Waals surface area contributed by atoms with E-state index < -0.39 is 12.7 Å². The summed E-state index contributed by atoms with van der Waals surface area (Å²) in [5.74, 6) is 2.15. The van der Waals surface area contributed by atoms with Gasteiger partial charge < -0.3 is 20.1 Å². The highest BCUT2D eigenvalue weighted by Gasteiger charge is 2.28. The van der Waals surface area contributed by atoms with Crippen molar-refractivity contribution in [3.8, 4) is 11.5 Å². The number of aliphatic imine (C=N–C) groups is 1. The van der Waals surface area contributed by atoms with Crippen molar-refractivity contribution in [2.24, 2.45) is 4.99 Å². The molecule has 1 aliphatic heterocycles. The van der Waals surface area contributed by atoms with Gasteiger partial charge in [0.25, 0.3) is 0 Å². The van der Waals surface area contributed by atoms with Gasteiger partial charge in [-0.15, -0.1) is 0 Å². The summed E-state index contributed by atoms with van der Waals surface area (Å²) in [6.07, 6.45) is -2.78. The molecule has 0 unspecified atom stereocenters. The van der Waals surface area contributed by atoms with Crippen molar-refractivity contribution < 1.29 is 22.6 Å². The van der Waals surface area contributed by atoms with E-state index in [0.717, 1.165) is 23.5 Å². The van der Waals surface area contributed by atoms with Crippen LogP contribution in [0.4, 0.5) is 13.2 Å². The molecular formula is C17H25F3N4O2. The zero-order valence-electron chi connectivity index (χ0n) is 15.0. The molecule has 0 bridgehead atoms. The largest absolute Gasteiger partial charge is 0.454 e. The molecular weight excluding hydrogens is 349 g/mol. The van der Waals surface area contributed by atoms with Crippen molar-refractivity contribution in [2.45, 2.75) is 19.0 Å². The first kappa shape index (κ1) is 20.2. The summed E-state index contributed by atoms with van der Waals surface area (Å²) in [6.45, 7) is 0.946. The standard InChI is InChI=1S/C17H25F3N4O2/c1-21-16(22-7-3-9-24(2)11-17(18,19)20)23-8-6-13-4-5-14-15(10-13)26-12-25-14/h4-5,10H,3,6-9,11-12H2,1-2H3,(H2,21,22,23). The minimum absolute atomic E-state index is 0.256. The van der Waals surface area contributed by atoms with Crippen LogP contribution in [0.15, 0.2) is 23.2 Å². The molecule has 0 saturated heterocycles. The first-order chi connectivity index (χ1) is 12.4. The van der Waals surface area contributed by atoms with Crippen LogP contribution in [0.5, 0.6) is 11.5 Å². The molecule has 0 aromatic heterocycles. The van der Waals surface area contributed by atoms with Crippen molar-refractivity contribution in [1.82, 2.24) is 15.5 Å². The molecule has 1 heterocycles. The number of ether oxygens (including phenoxy) is 2. The number of rotatable bonds is 8. The lowest BCUT2D eigenvalue weighted by atomic mass is 10.1. The number of nitrogens with zero attached hydrogens (tertiary/aromatic N) is 2. The third-order valence-corrected chi connectivity index (χ3v) is 3.82. The van der Waals surface area contributed by atoms with E-state index in [1.54, 1.807) is 7.05 Å². The molecule has 0 atom stereocenters. The van der Waals surface area contributed by atoms with Gasteiger partial charge in [0.15, 0.2) is 17.5 Å². The molecule has 0 amide bonds. The predicted octanol–water partition coefficient (Wildman–Crippen LogP) is 2.01. The van der Waals surface area contributed by atoms with Crippen molar-refractivity contribution >= 4 is 5.96 Å². The Morgan fingerprint density at radius 3 is 2.65 bits per heavy atom. The number of hydrogen-bond donors (Lipinski definition) is 2. The predicted molar refractivity (Wildman–Crippen MR) is 93.8 cm³/mol. The summed E-state index contributed by atoms with van der Waals surface area (Å²) in [6, 6.07) is 5.83. The van der Waals surface area contributed by atoms with Crippen molar-refractivity contribution in [2.75, 3.05) is 47.1 Å². The lowest BCUT2D eigenvalue weighted by Gasteiger charge is -2.19. The van der Waals surface area contributed by atoms with E-state index >= 15 is 0 Å². The van der Waals surface area contributed by atoms with E-state index in [1.807, 2.05) is 18.2 Å². The second-order valence-corrected chi connectivity index (χ2v) is 6.07. The fourth-order valence-electron chi connectivity index (χ4n) is 2.58. The van der Waals surface area contributed by atoms with Crippen LogP contribution < -0.4 is 20.1 Å². The molecule has 0 radical (unpaired) electrons. The molecule has 0 saturated carbocycles. The summed E-state index contributed by atoms with van der Waals surface area (Å²) < 4.78 is 47.4. The van der Waals surface area contributed by atoms with Crippen LogP contribution in [-0.4, -0.2) is 64.1 Å². The van der Waals surface area contributed by atoms with E-state index in [1.165, 1.54) is 11.9 Å². The van der Waals surface area contributed by atoms with E-state index in [2.05, 4.69) is 15.6 Å². The maximum absolute atomic E-state index is 12.2. The first-order valence-electron chi connectivity index (χ1n) is 8.46. The third kappa shape index (κ3) is 6.99. The van der Waals surface area contributed by atoms with Crippen LogP contribution >= 0.6 is 0 Å². The van der Waals surface area contributed by atoms with Crippen molar-refractivity contribution in [1.29, 1.82) is 0 Å². The normalized spacial score (nSPS) is 14.0. The average Bonchev–Trinajstić information content (AvgIpc) is 3.03. The Kier molecular flexibility index (Phi) is 7.38. The van der Waals surface area contributed by atoms with E-state index in [0.29, 0.717) is 32.0 Å². The van der Waals surface area contributed by atoms with Crippen LogP contribution in [0, 0.1) is 0 Å². The number of fused-ring (bicyclic) bond motifs is 1. The first-order valence-corrected chi connectivity index (χ1v) is 8.46. The van der Waals surface area contributed by atoms with Gasteiger partial charge in [0.1, 0.15) is 0 Å². The van der Waals surface area contributed by atoms with Gasteiger partial charge in [-0.2, -0.15) is 13.2 Å². The van der Waals surface area contributed by atoms with Gasteiger partial charge in [0.05, 0.1) is 6.54 Å². The highest BCUT2D eigenvalue weighted by molar-refractivity contribution is 5.79. The lowest BCUT2D eigenvalue weighted by molar-refractivity contribution is -0.143. The lowest BCUT2D eigenvalue weighted by Crippen LogP contribution is -2.40. The van der Waals surface area contributed by atoms with Gasteiger partial charge in [-0.3, -0.25) is 9.89 Å². The number of hydrogen-bond acceptors (Lipinski definition) is 4. The van der Waals surface area contributed by atoms with Crippen molar-refractivity contribution in [3.63, 3.8) is 0 Å². The number of alkyl halides is 3. The third-order valence-electron chi connectivity index (χ3n) is 3.82. The second-order valence-electron chi connectivity index (χ2n) is 6.07. The molecule has 6 nitrogen and oxygen atoms in total. The summed E-state index contributed by atoms with van der Waals surface area (Å²) in [4.78, 5) is 5.37. The fraction of sp³-hybridized carbons (Fsp3) is 0.588. The van der Waals surface area contributed by atoms with Gasteiger partial charge in [0.2, 0.25) is 6.79 Å². The van der Waals surface area contributed by atoms with E-state index in [9.17, 15) is 13.2 Å². The zero-order chi connectivity index (χ0) is 19.0. The monoisotopic (exact) mass is 374 g/mol. The van der Waals surface area contributed by atoms with Crippen LogP contribution in [0.2, 0.25) is 0 Å². The molecule has 1 aliphatic rings. The summed E-state index contributed by atoms with van der Waals surface area (Å²) in [7, 11) is 3.12. The van der Waals surface area contributed by atoms with Crippen molar-refractivity contribution in [3.05, 3.63) is 23.8 Å². The molecule has 1 aromatic rings. The SMILES string of the molecule is CN=C(NCCCN(C)CC(F)(F)F)NCCc1ccc2c(c1)OCO2.